The second-order valence-electron chi connectivity index (χ2n) is 5.40. The number of primary amides is 1. The second kappa shape index (κ2) is 7.20. The van der Waals surface area contributed by atoms with E-state index in [0.29, 0.717) is 12.6 Å². The highest BCUT2D eigenvalue weighted by Crippen LogP contribution is 2.26. The Morgan fingerprint density at radius 3 is 2.50 bits per heavy atom. The summed E-state index contributed by atoms with van der Waals surface area (Å²) in [5, 5.41) is 10.3. The van der Waals surface area contributed by atoms with Gasteiger partial charge < -0.3 is 10.8 Å². The number of carbonyl (C=O) groups is 1. The van der Waals surface area contributed by atoms with Crippen molar-refractivity contribution in [2.24, 2.45) is 5.73 Å². The highest BCUT2D eigenvalue weighted by Gasteiger charge is 2.25. The molecule has 1 fully saturated rings. The van der Waals surface area contributed by atoms with E-state index in [1.54, 1.807) is 0 Å². The van der Waals surface area contributed by atoms with Crippen molar-refractivity contribution in [1.82, 2.24) is 4.90 Å². The molecule has 110 valence electrons. The zero-order chi connectivity index (χ0) is 14.5. The number of rotatable bonds is 6. The summed E-state index contributed by atoms with van der Waals surface area (Å²) in [4.78, 5) is 13.3. The molecule has 1 saturated carbocycles. The monoisotopic (exact) mass is 340 g/mol. The number of hydrogen-bond donors (Lipinski definition) is 2. The van der Waals surface area contributed by atoms with Crippen LogP contribution in [0.4, 0.5) is 0 Å². The summed E-state index contributed by atoms with van der Waals surface area (Å²) < 4.78 is 0.984. The largest absolute Gasteiger partial charge is 0.387 e. The Labute approximate surface area is 128 Å². The molecule has 1 aliphatic carbocycles. The normalized spacial score (nSPS) is 17.6. The topological polar surface area (TPSA) is 66.6 Å². The van der Waals surface area contributed by atoms with Crippen molar-refractivity contribution in [2.45, 2.75) is 37.8 Å². The molecule has 0 saturated heterocycles. The van der Waals surface area contributed by atoms with Crippen LogP contribution in [0.5, 0.6) is 0 Å². The summed E-state index contributed by atoms with van der Waals surface area (Å²) in [6.45, 7) is 0.674. The Balaban J connectivity index is 2.02. The van der Waals surface area contributed by atoms with E-state index in [4.69, 9.17) is 5.73 Å². The lowest BCUT2D eigenvalue weighted by atomic mass is 10.1. The van der Waals surface area contributed by atoms with E-state index >= 15 is 0 Å². The first-order chi connectivity index (χ1) is 9.56. The van der Waals surface area contributed by atoms with Crippen molar-refractivity contribution in [3.8, 4) is 0 Å². The van der Waals surface area contributed by atoms with Gasteiger partial charge in [0.1, 0.15) is 0 Å². The Hall–Kier alpha value is -0.910. The lowest BCUT2D eigenvalue weighted by Crippen LogP contribution is -2.42. The molecule has 0 spiro atoms. The van der Waals surface area contributed by atoms with Crippen molar-refractivity contribution in [2.75, 3.05) is 13.1 Å². The molecule has 1 aromatic carbocycles. The standard InChI is InChI=1S/C15H21BrN2O2/c16-12-7-5-11(6-8-12)14(19)9-18(10-15(17)20)13-3-1-2-4-13/h5-8,13-14,19H,1-4,9-10H2,(H2,17,20). The minimum Gasteiger partial charge on any atom is -0.387 e. The van der Waals surface area contributed by atoms with Crippen molar-refractivity contribution < 1.29 is 9.90 Å². The molecule has 0 radical (unpaired) electrons. The molecule has 1 aliphatic rings. The summed E-state index contributed by atoms with van der Waals surface area (Å²) in [7, 11) is 0. The molecule has 0 aliphatic heterocycles. The van der Waals surface area contributed by atoms with E-state index in [-0.39, 0.29) is 12.5 Å². The number of carbonyl (C=O) groups excluding carboxylic acids is 1. The molecule has 0 aromatic heterocycles. The molecule has 3 N–H and O–H groups in total. The molecule has 0 heterocycles. The van der Waals surface area contributed by atoms with E-state index in [2.05, 4.69) is 15.9 Å². The minimum absolute atomic E-state index is 0.220. The maximum atomic E-state index is 11.2. The molecule has 0 bridgehead atoms. The summed E-state index contributed by atoms with van der Waals surface area (Å²) in [6.07, 6.45) is 3.95. The van der Waals surface area contributed by atoms with Crippen LogP contribution in [0.1, 0.15) is 37.4 Å². The van der Waals surface area contributed by atoms with Gasteiger partial charge in [0.15, 0.2) is 0 Å². The molecule has 2 rings (SSSR count). The number of nitrogens with zero attached hydrogens (tertiary/aromatic N) is 1. The number of amides is 1. The van der Waals surface area contributed by atoms with Gasteiger partial charge in [-0.3, -0.25) is 9.69 Å². The Morgan fingerprint density at radius 2 is 1.95 bits per heavy atom. The average Bonchev–Trinajstić information content (AvgIpc) is 2.92. The highest BCUT2D eigenvalue weighted by molar-refractivity contribution is 9.10. The van der Waals surface area contributed by atoms with Gasteiger partial charge in [-0.15, -0.1) is 0 Å². The molecule has 1 unspecified atom stereocenters. The predicted octanol–water partition coefficient (Wildman–Crippen LogP) is 2.21. The van der Waals surface area contributed by atoms with Crippen LogP contribution in [0.2, 0.25) is 0 Å². The zero-order valence-electron chi connectivity index (χ0n) is 11.5. The number of benzene rings is 1. The lowest BCUT2D eigenvalue weighted by molar-refractivity contribution is -0.120. The molecular formula is C15H21BrN2O2. The first-order valence-corrected chi connectivity index (χ1v) is 7.81. The minimum atomic E-state index is -0.594. The molecule has 1 aromatic rings. The summed E-state index contributed by atoms with van der Waals surface area (Å²) >= 11 is 3.38. The Bertz CT molecular complexity index is 444. The van der Waals surface area contributed by atoms with Crippen molar-refractivity contribution in [3.63, 3.8) is 0 Å². The van der Waals surface area contributed by atoms with Crippen LogP contribution in [0.25, 0.3) is 0 Å². The lowest BCUT2D eigenvalue weighted by Gasteiger charge is -2.29. The first kappa shape index (κ1) is 15.5. The molecule has 4 nitrogen and oxygen atoms in total. The van der Waals surface area contributed by atoms with E-state index in [1.165, 1.54) is 12.8 Å². The van der Waals surface area contributed by atoms with Crippen LogP contribution in [0, 0.1) is 0 Å². The van der Waals surface area contributed by atoms with Crippen molar-refractivity contribution >= 4 is 21.8 Å². The smallest absolute Gasteiger partial charge is 0.231 e. The number of halogens is 1. The van der Waals surface area contributed by atoms with Gasteiger partial charge >= 0.3 is 0 Å². The summed E-state index contributed by atoms with van der Waals surface area (Å²) in [6, 6.07) is 7.98. The van der Waals surface area contributed by atoms with Gasteiger partial charge in [-0.05, 0) is 30.5 Å². The third-order valence-electron chi connectivity index (χ3n) is 3.86. The fourth-order valence-corrected chi connectivity index (χ4v) is 3.09. The number of hydrogen-bond acceptors (Lipinski definition) is 3. The van der Waals surface area contributed by atoms with Crippen LogP contribution in [0.3, 0.4) is 0 Å². The number of aliphatic hydroxyl groups excluding tert-OH is 1. The third kappa shape index (κ3) is 4.30. The molecular weight excluding hydrogens is 320 g/mol. The van der Waals surface area contributed by atoms with Gasteiger partial charge in [-0.1, -0.05) is 40.9 Å². The van der Waals surface area contributed by atoms with Gasteiger partial charge in [0.2, 0.25) is 5.91 Å². The first-order valence-electron chi connectivity index (χ1n) is 7.02. The van der Waals surface area contributed by atoms with Crippen LogP contribution < -0.4 is 5.73 Å². The van der Waals surface area contributed by atoms with Gasteiger partial charge in [0.05, 0.1) is 12.6 Å². The van der Waals surface area contributed by atoms with Crippen LogP contribution in [0.15, 0.2) is 28.7 Å². The van der Waals surface area contributed by atoms with E-state index in [9.17, 15) is 9.90 Å². The van der Waals surface area contributed by atoms with E-state index in [1.807, 2.05) is 29.2 Å². The summed E-state index contributed by atoms with van der Waals surface area (Å²) in [5.41, 5.74) is 6.19. The molecule has 5 heteroatoms. The van der Waals surface area contributed by atoms with Crippen LogP contribution in [-0.2, 0) is 4.79 Å². The average molecular weight is 341 g/mol. The fourth-order valence-electron chi connectivity index (χ4n) is 2.82. The molecule has 20 heavy (non-hydrogen) atoms. The van der Waals surface area contributed by atoms with E-state index in [0.717, 1.165) is 22.9 Å². The van der Waals surface area contributed by atoms with Gasteiger partial charge in [-0.2, -0.15) is 0 Å². The maximum absolute atomic E-state index is 11.2. The maximum Gasteiger partial charge on any atom is 0.231 e. The number of nitrogens with two attached hydrogens (primary N) is 1. The quantitative estimate of drug-likeness (QED) is 0.834. The third-order valence-corrected chi connectivity index (χ3v) is 4.39. The van der Waals surface area contributed by atoms with Crippen molar-refractivity contribution in [3.05, 3.63) is 34.3 Å². The Morgan fingerprint density at radius 1 is 1.35 bits per heavy atom. The highest BCUT2D eigenvalue weighted by atomic mass is 79.9. The second-order valence-corrected chi connectivity index (χ2v) is 6.32. The van der Waals surface area contributed by atoms with Gasteiger partial charge in [0.25, 0.3) is 0 Å². The number of aliphatic hydroxyl groups is 1. The summed E-state index contributed by atoms with van der Waals surface area (Å²) in [5.74, 6) is -0.333. The van der Waals surface area contributed by atoms with Crippen molar-refractivity contribution in [1.29, 1.82) is 0 Å². The SMILES string of the molecule is NC(=O)CN(CC(O)c1ccc(Br)cc1)C1CCCC1. The van der Waals surface area contributed by atoms with Gasteiger partial charge in [0, 0.05) is 17.1 Å². The molecule has 1 amide bonds. The van der Waals surface area contributed by atoms with Crippen LogP contribution in [-0.4, -0.2) is 35.0 Å². The predicted molar refractivity (Wildman–Crippen MR) is 82.1 cm³/mol. The molecule has 1 atom stereocenters. The van der Waals surface area contributed by atoms with Crippen LogP contribution >= 0.6 is 15.9 Å². The Kier molecular flexibility index (Phi) is 5.57. The fraction of sp³-hybridized carbons (Fsp3) is 0.533. The van der Waals surface area contributed by atoms with Gasteiger partial charge in [-0.25, -0.2) is 0 Å². The zero-order valence-corrected chi connectivity index (χ0v) is 13.1. The van der Waals surface area contributed by atoms with E-state index < -0.39 is 6.10 Å².